The summed E-state index contributed by atoms with van der Waals surface area (Å²) in [5.41, 5.74) is 1.46. The number of rotatable bonds is 2. The van der Waals surface area contributed by atoms with E-state index in [1.165, 1.54) is 31.2 Å². The molecular formula is C17H25NOS. The molecule has 0 radical (unpaired) electrons. The first kappa shape index (κ1) is 14.3. The maximum absolute atomic E-state index is 12.8. The van der Waals surface area contributed by atoms with Crippen LogP contribution in [0.25, 0.3) is 0 Å². The van der Waals surface area contributed by atoms with Gasteiger partial charge in [-0.25, -0.2) is 8.51 Å². The van der Waals surface area contributed by atoms with Crippen LogP contribution in [-0.4, -0.2) is 21.1 Å². The third-order valence-electron chi connectivity index (χ3n) is 4.84. The largest absolute Gasteiger partial charge is 0.237 e. The molecule has 1 aliphatic heterocycles. The van der Waals surface area contributed by atoms with Gasteiger partial charge in [-0.15, -0.1) is 0 Å². The molecule has 110 valence electrons. The average Bonchev–Trinajstić information content (AvgIpc) is 2.99. The number of hydrogen-bond acceptors (Lipinski definition) is 1. The predicted octanol–water partition coefficient (Wildman–Crippen LogP) is 3.88. The number of hydrogen-bond donors (Lipinski definition) is 0. The van der Waals surface area contributed by atoms with Gasteiger partial charge in [-0.3, -0.25) is 0 Å². The van der Waals surface area contributed by atoms with Crippen LogP contribution >= 0.6 is 0 Å². The number of benzene rings is 1. The summed E-state index contributed by atoms with van der Waals surface area (Å²) in [5.74, 6) is 0.799. The van der Waals surface area contributed by atoms with Crippen molar-refractivity contribution in [2.75, 3.05) is 6.54 Å². The van der Waals surface area contributed by atoms with Crippen LogP contribution in [0, 0.1) is 5.92 Å². The van der Waals surface area contributed by atoms with Crippen molar-refractivity contribution in [3.05, 3.63) is 29.8 Å². The number of fused-ring (bicyclic) bond motifs is 1. The van der Waals surface area contributed by atoms with Crippen molar-refractivity contribution in [1.29, 1.82) is 0 Å². The van der Waals surface area contributed by atoms with Gasteiger partial charge in [-0.1, -0.05) is 39.3 Å². The van der Waals surface area contributed by atoms with E-state index in [2.05, 4.69) is 49.3 Å². The third-order valence-corrected chi connectivity index (χ3v) is 6.40. The van der Waals surface area contributed by atoms with Crippen molar-refractivity contribution in [2.45, 2.75) is 62.8 Å². The van der Waals surface area contributed by atoms with Crippen LogP contribution in [0.3, 0.4) is 0 Å². The molecule has 0 spiro atoms. The molecule has 3 rings (SSSR count). The van der Waals surface area contributed by atoms with Crippen molar-refractivity contribution in [2.24, 2.45) is 5.92 Å². The average molecular weight is 291 g/mol. The zero-order chi connectivity index (χ0) is 14.3. The molecule has 3 unspecified atom stereocenters. The lowest BCUT2D eigenvalue weighted by Crippen LogP contribution is -2.31. The van der Waals surface area contributed by atoms with Crippen molar-refractivity contribution in [1.82, 2.24) is 4.31 Å². The molecule has 0 aromatic heterocycles. The lowest BCUT2D eigenvalue weighted by Gasteiger charge is -2.23. The Labute approximate surface area is 125 Å². The van der Waals surface area contributed by atoms with E-state index in [0.29, 0.717) is 6.04 Å². The van der Waals surface area contributed by atoms with E-state index in [1.807, 2.05) is 0 Å². The highest BCUT2D eigenvalue weighted by Crippen LogP contribution is 2.39. The van der Waals surface area contributed by atoms with Crippen molar-refractivity contribution < 1.29 is 4.21 Å². The second kappa shape index (κ2) is 5.27. The van der Waals surface area contributed by atoms with Crippen LogP contribution in [-0.2, 0) is 16.4 Å². The van der Waals surface area contributed by atoms with Gasteiger partial charge in [0, 0.05) is 12.6 Å². The highest BCUT2D eigenvalue weighted by Gasteiger charge is 2.40. The quantitative estimate of drug-likeness (QED) is 0.809. The smallest absolute Gasteiger partial charge is 0.127 e. The van der Waals surface area contributed by atoms with Gasteiger partial charge in [-0.05, 0) is 48.3 Å². The molecule has 1 saturated heterocycles. The Hall–Kier alpha value is -0.670. The van der Waals surface area contributed by atoms with Gasteiger partial charge >= 0.3 is 0 Å². The minimum Gasteiger partial charge on any atom is -0.237 e. The normalized spacial score (nSPS) is 28.6. The van der Waals surface area contributed by atoms with Gasteiger partial charge in [0.05, 0.1) is 4.90 Å². The molecule has 1 saturated carbocycles. The Bertz CT molecular complexity index is 503. The summed E-state index contributed by atoms with van der Waals surface area (Å²) >= 11 is 0. The summed E-state index contributed by atoms with van der Waals surface area (Å²) < 4.78 is 15.0. The van der Waals surface area contributed by atoms with E-state index < -0.39 is 11.0 Å². The van der Waals surface area contributed by atoms with Gasteiger partial charge in [-0.2, -0.15) is 0 Å². The Morgan fingerprint density at radius 2 is 1.80 bits per heavy atom. The van der Waals surface area contributed by atoms with Crippen molar-refractivity contribution in [3.63, 3.8) is 0 Å². The Morgan fingerprint density at radius 3 is 2.45 bits per heavy atom. The fourth-order valence-electron chi connectivity index (χ4n) is 3.60. The summed E-state index contributed by atoms with van der Waals surface area (Å²) in [6, 6.07) is 8.95. The standard InChI is InChI=1S/C17H25NOS/c1-17(2,3)14-7-9-15(10-8-14)20(19)18-12-11-13-5-4-6-16(13)18/h7-10,13,16H,4-6,11-12H2,1-3H3. The van der Waals surface area contributed by atoms with Gasteiger partial charge in [0.1, 0.15) is 11.0 Å². The van der Waals surface area contributed by atoms with E-state index in [0.717, 1.165) is 17.4 Å². The Balaban J connectivity index is 1.77. The number of nitrogens with zero attached hydrogens (tertiary/aromatic N) is 1. The second-order valence-corrected chi connectivity index (χ2v) is 8.65. The zero-order valence-electron chi connectivity index (χ0n) is 12.8. The maximum atomic E-state index is 12.8. The van der Waals surface area contributed by atoms with Crippen LogP contribution in [0.1, 0.15) is 52.0 Å². The van der Waals surface area contributed by atoms with Crippen molar-refractivity contribution >= 4 is 11.0 Å². The summed E-state index contributed by atoms with van der Waals surface area (Å²) in [6.45, 7) is 7.64. The molecule has 2 fully saturated rings. The Kier molecular flexibility index (Phi) is 3.76. The van der Waals surface area contributed by atoms with E-state index in [9.17, 15) is 4.21 Å². The second-order valence-electron chi connectivity index (χ2n) is 7.21. The molecule has 0 bridgehead atoms. The van der Waals surface area contributed by atoms with Crippen LogP contribution in [0.15, 0.2) is 29.2 Å². The van der Waals surface area contributed by atoms with E-state index in [-0.39, 0.29) is 5.41 Å². The molecular weight excluding hydrogens is 266 g/mol. The molecule has 1 aromatic carbocycles. The summed E-state index contributed by atoms with van der Waals surface area (Å²) in [4.78, 5) is 0.963. The van der Waals surface area contributed by atoms with Gasteiger partial charge in [0.2, 0.25) is 0 Å². The van der Waals surface area contributed by atoms with Gasteiger partial charge < -0.3 is 0 Å². The molecule has 1 aromatic rings. The van der Waals surface area contributed by atoms with E-state index in [1.54, 1.807) is 0 Å². The van der Waals surface area contributed by atoms with E-state index in [4.69, 9.17) is 0 Å². The first-order valence-electron chi connectivity index (χ1n) is 7.76. The minimum atomic E-state index is -0.971. The highest BCUT2D eigenvalue weighted by molar-refractivity contribution is 7.82. The summed E-state index contributed by atoms with van der Waals surface area (Å²) in [5, 5.41) is 0. The lowest BCUT2D eigenvalue weighted by atomic mass is 9.87. The van der Waals surface area contributed by atoms with Crippen LogP contribution in [0.5, 0.6) is 0 Å². The predicted molar refractivity (Wildman–Crippen MR) is 84.0 cm³/mol. The van der Waals surface area contributed by atoms with Crippen LogP contribution < -0.4 is 0 Å². The van der Waals surface area contributed by atoms with Gasteiger partial charge in [0.15, 0.2) is 0 Å². The molecule has 1 heterocycles. The lowest BCUT2D eigenvalue weighted by molar-refractivity contribution is 0.388. The topological polar surface area (TPSA) is 20.3 Å². The minimum absolute atomic E-state index is 0.157. The fraction of sp³-hybridized carbons (Fsp3) is 0.647. The van der Waals surface area contributed by atoms with E-state index >= 15 is 0 Å². The molecule has 3 atom stereocenters. The maximum Gasteiger partial charge on any atom is 0.127 e. The molecule has 3 heteroatoms. The molecule has 0 amide bonds. The first-order valence-corrected chi connectivity index (χ1v) is 8.86. The first-order chi connectivity index (χ1) is 9.47. The molecule has 2 nitrogen and oxygen atoms in total. The molecule has 2 aliphatic rings. The fourth-order valence-corrected chi connectivity index (χ4v) is 5.04. The van der Waals surface area contributed by atoms with Gasteiger partial charge in [0.25, 0.3) is 0 Å². The van der Waals surface area contributed by atoms with Crippen LogP contribution in [0.4, 0.5) is 0 Å². The van der Waals surface area contributed by atoms with Crippen LogP contribution in [0.2, 0.25) is 0 Å². The molecule has 20 heavy (non-hydrogen) atoms. The third kappa shape index (κ3) is 2.58. The highest BCUT2D eigenvalue weighted by atomic mass is 32.2. The monoisotopic (exact) mass is 291 g/mol. The van der Waals surface area contributed by atoms with Crippen molar-refractivity contribution in [3.8, 4) is 0 Å². The summed E-state index contributed by atoms with van der Waals surface area (Å²) in [6.07, 6.45) is 5.11. The zero-order valence-corrected chi connectivity index (χ0v) is 13.6. The molecule has 0 N–H and O–H groups in total. The Morgan fingerprint density at radius 1 is 1.10 bits per heavy atom. The SMILES string of the molecule is CC(C)(C)c1ccc(S(=O)N2CCC3CCCC32)cc1. The molecule has 1 aliphatic carbocycles. The summed E-state index contributed by atoms with van der Waals surface area (Å²) in [7, 11) is -0.971.